The molecule has 4 atom stereocenters. The maximum Gasteiger partial charge on any atom is 0.0690 e. The summed E-state index contributed by atoms with van der Waals surface area (Å²) in [6.45, 7) is 10.2. The summed E-state index contributed by atoms with van der Waals surface area (Å²) in [6.07, 6.45) is 8.20. The first-order chi connectivity index (χ1) is 9.50. The molecule has 2 heterocycles. The molecule has 116 valence electrons. The van der Waals surface area contributed by atoms with Crippen LogP contribution in [-0.2, 0) is 4.74 Å². The second kappa shape index (κ2) is 5.26. The van der Waals surface area contributed by atoms with Crippen molar-refractivity contribution in [2.24, 2.45) is 17.1 Å². The smallest absolute Gasteiger partial charge is 0.0690 e. The normalized spacial score (nSPS) is 44.7. The van der Waals surface area contributed by atoms with Crippen LogP contribution in [0, 0.1) is 11.3 Å². The minimum atomic E-state index is -0.0527. The van der Waals surface area contributed by atoms with Crippen molar-refractivity contribution in [1.29, 1.82) is 0 Å². The van der Waals surface area contributed by atoms with Crippen LogP contribution in [0.5, 0.6) is 0 Å². The zero-order valence-electron chi connectivity index (χ0n) is 13.5. The van der Waals surface area contributed by atoms with E-state index in [9.17, 15) is 0 Å². The van der Waals surface area contributed by atoms with E-state index >= 15 is 0 Å². The standard InChI is InChI=1S/C17H32N2O/c1-4-13-8-5-6-10-19(13)12-17(18)14-9-7-11-20-15(14)16(17,2)3/h13-15H,4-12,18H2,1-3H3. The summed E-state index contributed by atoms with van der Waals surface area (Å²) in [5.74, 6) is 0.575. The molecule has 0 aromatic heterocycles. The third kappa shape index (κ3) is 2.05. The number of fused-ring (bicyclic) bond motifs is 1. The van der Waals surface area contributed by atoms with Crippen LogP contribution in [0.4, 0.5) is 0 Å². The van der Waals surface area contributed by atoms with Gasteiger partial charge in [0.1, 0.15) is 0 Å². The van der Waals surface area contributed by atoms with Gasteiger partial charge in [-0.15, -0.1) is 0 Å². The molecule has 0 spiro atoms. The van der Waals surface area contributed by atoms with Gasteiger partial charge < -0.3 is 10.5 Å². The lowest BCUT2D eigenvalue weighted by Crippen LogP contribution is -2.80. The molecule has 1 aliphatic carbocycles. The summed E-state index contributed by atoms with van der Waals surface area (Å²) >= 11 is 0. The highest BCUT2D eigenvalue weighted by atomic mass is 16.5. The lowest BCUT2D eigenvalue weighted by atomic mass is 9.46. The van der Waals surface area contributed by atoms with Gasteiger partial charge in [0.25, 0.3) is 0 Å². The van der Waals surface area contributed by atoms with Gasteiger partial charge in [-0.05, 0) is 38.6 Å². The zero-order valence-corrected chi connectivity index (χ0v) is 13.5. The van der Waals surface area contributed by atoms with Crippen molar-refractivity contribution in [2.45, 2.75) is 77.0 Å². The Hall–Kier alpha value is -0.120. The molecule has 0 bridgehead atoms. The van der Waals surface area contributed by atoms with Gasteiger partial charge >= 0.3 is 0 Å². The average Bonchev–Trinajstić information content (AvgIpc) is 2.47. The SMILES string of the molecule is CCC1CCCCN1CC1(N)C2CCCOC2C1(C)C. The van der Waals surface area contributed by atoms with Gasteiger partial charge in [-0.2, -0.15) is 0 Å². The third-order valence-electron chi connectivity index (χ3n) is 6.58. The lowest BCUT2D eigenvalue weighted by molar-refractivity contribution is -0.234. The topological polar surface area (TPSA) is 38.5 Å². The number of ether oxygens (including phenoxy) is 1. The molecule has 3 rings (SSSR count). The molecule has 2 N–H and O–H groups in total. The van der Waals surface area contributed by atoms with Crippen molar-refractivity contribution in [3.05, 3.63) is 0 Å². The minimum Gasteiger partial charge on any atom is -0.377 e. The molecule has 3 nitrogen and oxygen atoms in total. The molecular formula is C17H32N2O. The highest BCUT2D eigenvalue weighted by Crippen LogP contribution is 2.57. The van der Waals surface area contributed by atoms with Crippen LogP contribution in [0.2, 0.25) is 0 Å². The first-order valence-electron chi connectivity index (χ1n) is 8.65. The number of nitrogens with two attached hydrogens (primary N) is 1. The summed E-state index contributed by atoms with van der Waals surface area (Å²) in [7, 11) is 0. The van der Waals surface area contributed by atoms with E-state index in [1.807, 2.05) is 0 Å². The molecular weight excluding hydrogens is 248 g/mol. The van der Waals surface area contributed by atoms with Crippen LogP contribution in [0.1, 0.15) is 59.3 Å². The molecule has 0 aromatic carbocycles. The van der Waals surface area contributed by atoms with Crippen molar-refractivity contribution in [3.63, 3.8) is 0 Å². The number of piperidine rings is 1. The quantitative estimate of drug-likeness (QED) is 0.864. The van der Waals surface area contributed by atoms with Crippen molar-refractivity contribution in [3.8, 4) is 0 Å². The molecule has 3 heteroatoms. The molecule has 0 radical (unpaired) electrons. The molecule has 20 heavy (non-hydrogen) atoms. The minimum absolute atomic E-state index is 0.0527. The Kier molecular flexibility index (Phi) is 3.89. The fraction of sp³-hybridized carbons (Fsp3) is 1.00. The van der Waals surface area contributed by atoms with E-state index < -0.39 is 0 Å². The first-order valence-corrected chi connectivity index (χ1v) is 8.65. The highest BCUT2D eigenvalue weighted by Gasteiger charge is 2.66. The molecule has 0 aromatic rings. The third-order valence-corrected chi connectivity index (χ3v) is 6.58. The summed E-state index contributed by atoms with van der Waals surface area (Å²) in [4.78, 5) is 2.69. The summed E-state index contributed by atoms with van der Waals surface area (Å²) in [6, 6.07) is 0.753. The number of likely N-dealkylation sites (tertiary alicyclic amines) is 1. The number of hydrogen-bond donors (Lipinski definition) is 1. The van der Waals surface area contributed by atoms with Gasteiger partial charge in [-0.3, -0.25) is 4.90 Å². The second-order valence-electron chi connectivity index (χ2n) is 7.83. The Balaban J connectivity index is 1.74. The van der Waals surface area contributed by atoms with Crippen LogP contribution in [0.3, 0.4) is 0 Å². The van der Waals surface area contributed by atoms with Crippen LogP contribution in [0.15, 0.2) is 0 Å². The monoisotopic (exact) mass is 280 g/mol. The maximum absolute atomic E-state index is 6.96. The Morgan fingerprint density at radius 2 is 2.00 bits per heavy atom. The van der Waals surface area contributed by atoms with Crippen LogP contribution >= 0.6 is 0 Å². The van der Waals surface area contributed by atoms with Crippen molar-refractivity contribution in [2.75, 3.05) is 19.7 Å². The van der Waals surface area contributed by atoms with E-state index in [4.69, 9.17) is 10.5 Å². The molecule has 3 fully saturated rings. The van der Waals surface area contributed by atoms with E-state index in [-0.39, 0.29) is 11.0 Å². The first kappa shape index (κ1) is 14.8. The van der Waals surface area contributed by atoms with Crippen LogP contribution in [0.25, 0.3) is 0 Å². The molecule has 1 saturated carbocycles. The Labute approximate surface area is 124 Å². The van der Waals surface area contributed by atoms with Crippen molar-refractivity contribution >= 4 is 0 Å². The van der Waals surface area contributed by atoms with Gasteiger partial charge in [0.15, 0.2) is 0 Å². The average molecular weight is 280 g/mol. The summed E-state index contributed by atoms with van der Waals surface area (Å²) < 4.78 is 6.03. The molecule has 2 saturated heterocycles. The van der Waals surface area contributed by atoms with Gasteiger partial charge in [0, 0.05) is 36.1 Å². The number of nitrogens with zero attached hydrogens (tertiary/aromatic N) is 1. The van der Waals surface area contributed by atoms with Crippen molar-refractivity contribution in [1.82, 2.24) is 4.90 Å². The molecule has 2 aliphatic heterocycles. The molecule has 3 aliphatic rings. The predicted molar refractivity (Wildman–Crippen MR) is 82.7 cm³/mol. The van der Waals surface area contributed by atoms with Crippen LogP contribution < -0.4 is 5.73 Å². The highest BCUT2D eigenvalue weighted by molar-refractivity contribution is 5.21. The Morgan fingerprint density at radius 3 is 2.75 bits per heavy atom. The predicted octanol–water partition coefficient (Wildman–Crippen LogP) is 2.78. The molecule has 0 amide bonds. The van der Waals surface area contributed by atoms with E-state index in [0.717, 1.165) is 19.2 Å². The zero-order chi connectivity index (χ0) is 14.4. The van der Waals surface area contributed by atoms with E-state index in [2.05, 4.69) is 25.7 Å². The van der Waals surface area contributed by atoms with Gasteiger partial charge in [0.2, 0.25) is 0 Å². The van der Waals surface area contributed by atoms with E-state index in [1.54, 1.807) is 0 Å². The molecule has 4 unspecified atom stereocenters. The Morgan fingerprint density at radius 1 is 1.20 bits per heavy atom. The number of hydrogen-bond acceptors (Lipinski definition) is 3. The fourth-order valence-corrected chi connectivity index (χ4v) is 5.05. The lowest BCUT2D eigenvalue weighted by Gasteiger charge is -2.68. The Bertz CT molecular complexity index is 357. The number of rotatable bonds is 3. The summed E-state index contributed by atoms with van der Waals surface area (Å²) in [5.41, 5.74) is 7.03. The van der Waals surface area contributed by atoms with Gasteiger partial charge in [-0.25, -0.2) is 0 Å². The van der Waals surface area contributed by atoms with Gasteiger partial charge in [0.05, 0.1) is 6.10 Å². The van der Waals surface area contributed by atoms with Gasteiger partial charge in [-0.1, -0.05) is 27.2 Å². The maximum atomic E-state index is 6.96. The second-order valence-corrected chi connectivity index (χ2v) is 7.83. The van der Waals surface area contributed by atoms with Crippen molar-refractivity contribution < 1.29 is 4.74 Å². The largest absolute Gasteiger partial charge is 0.377 e. The van der Waals surface area contributed by atoms with Crippen LogP contribution in [-0.4, -0.2) is 42.3 Å². The fourth-order valence-electron chi connectivity index (χ4n) is 5.05. The summed E-state index contributed by atoms with van der Waals surface area (Å²) in [5, 5.41) is 0. The van der Waals surface area contributed by atoms with E-state index in [0.29, 0.717) is 12.0 Å². The van der Waals surface area contributed by atoms with E-state index in [1.165, 1.54) is 45.1 Å².